The van der Waals surface area contributed by atoms with Crippen LogP contribution in [-0.4, -0.2) is 10.9 Å². The maximum Gasteiger partial charge on any atom is 0.226 e. The van der Waals surface area contributed by atoms with Crippen molar-refractivity contribution in [1.29, 1.82) is 5.26 Å². The van der Waals surface area contributed by atoms with E-state index < -0.39 is 0 Å². The van der Waals surface area contributed by atoms with E-state index in [-0.39, 0.29) is 11.3 Å². The van der Waals surface area contributed by atoms with Crippen molar-refractivity contribution in [3.63, 3.8) is 0 Å². The number of aromatic nitrogens is 1. The predicted octanol–water partition coefficient (Wildman–Crippen LogP) is 4.16. The van der Waals surface area contributed by atoms with Gasteiger partial charge in [-0.25, -0.2) is 0 Å². The van der Waals surface area contributed by atoms with Crippen molar-refractivity contribution >= 4 is 16.8 Å². The third-order valence-electron chi connectivity index (χ3n) is 5.05. The number of aryl methyl sites for hydroxylation is 1. The molecule has 0 saturated heterocycles. The summed E-state index contributed by atoms with van der Waals surface area (Å²) in [6.07, 6.45) is 3.31. The number of aromatic amines is 1. The summed E-state index contributed by atoms with van der Waals surface area (Å²) in [7, 11) is 0. The number of hydrogen-bond acceptors (Lipinski definition) is 2. The van der Waals surface area contributed by atoms with Crippen LogP contribution in [0, 0.1) is 16.7 Å². The maximum absolute atomic E-state index is 12.1. The Morgan fingerprint density at radius 2 is 2.12 bits per heavy atom. The molecule has 0 bridgehead atoms. The Kier molecular flexibility index (Phi) is 4.36. The molecular weight excluding hydrogens is 298 g/mol. The molecule has 4 nitrogen and oxygen atoms in total. The first-order valence-corrected chi connectivity index (χ1v) is 8.72. The van der Waals surface area contributed by atoms with Gasteiger partial charge in [-0.2, -0.15) is 5.26 Å². The molecule has 126 valence electrons. The average Bonchev–Trinajstić information content (AvgIpc) is 3.18. The van der Waals surface area contributed by atoms with Gasteiger partial charge in [-0.05, 0) is 54.5 Å². The zero-order valence-electron chi connectivity index (χ0n) is 14.7. The molecule has 1 fully saturated rings. The molecule has 0 aliphatic heterocycles. The van der Waals surface area contributed by atoms with E-state index in [1.807, 2.05) is 6.92 Å². The number of rotatable bonds is 6. The number of fused-ring (bicyclic) bond motifs is 1. The fraction of sp³-hybridized carbons (Fsp3) is 0.500. The molecule has 1 aliphatic carbocycles. The first kappa shape index (κ1) is 16.6. The molecule has 2 aromatic rings. The summed E-state index contributed by atoms with van der Waals surface area (Å²) in [5.74, 6) is 0.572. The fourth-order valence-electron chi connectivity index (χ4n) is 3.15. The average molecular weight is 323 g/mol. The molecule has 1 saturated carbocycles. The topological polar surface area (TPSA) is 68.7 Å². The van der Waals surface area contributed by atoms with Crippen molar-refractivity contribution in [2.24, 2.45) is 5.41 Å². The highest BCUT2D eigenvalue weighted by atomic mass is 16.2. The smallest absolute Gasteiger partial charge is 0.226 e. The van der Waals surface area contributed by atoms with Gasteiger partial charge in [0.15, 0.2) is 0 Å². The van der Waals surface area contributed by atoms with Crippen molar-refractivity contribution in [3.05, 3.63) is 35.0 Å². The second-order valence-corrected chi connectivity index (χ2v) is 7.49. The quantitative estimate of drug-likeness (QED) is 0.838. The lowest BCUT2D eigenvalue weighted by Crippen LogP contribution is -2.29. The zero-order chi connectivity index (χ0) is 17.3. The number of nitrogens with zero attached hydrogens (tertiary/aromatic N) is 1. The van der Waals surface area contributed by atoms with E-state index in [1.165, 1.54) is 11.1 Å². The van der Waals surface area contributed by atoms with Crippen molar-refractivity contribution < 1.29 is 4.79 Å². The number of nitriles is 1. The normalized spacial score (nSPS) is 15.5. The van der Waals surface area contributed by atoms with Gasteiger partial charge in [0, 0.05) is 28.4 Å². The molecule has 4 heteroatoms. The van der Waals surface area contributed by atoms with Crippen molar-refractivity contribution in [2.75, 3.05) is 0 Å². The first-order valence-electron chi connectivity index (χ1n) is 8.72. The van der Waals surface area contributed by atoms with Crippen LogP contribution in [0.2, 0.25) is 0 Å². The van der Waals surface area contributed by atoms with Gasteiger partial charge in [-0.15, -0.1) is 0 Å². The number of amides is 1. The van der Waals surface area contributed by atoms with E-state index in [0.717, 1.165) is 35.9 Å². The lowest BCUT2D eigenvalue weighted by molar-refractivity contribution is -0.125. The summed E-state index contributed by atoms with van der Waals surface area (Å²) >= 11 is 0. The highest BCUT2D eigenvalue weighted by molar-refractivity contribution is 5.85. The monoisotopic (exact) mass is 323 g/mol. The summed E-state index contributed by atoms with van der Waals surface area (Å²) in [6.45, 7) is 6.91. The molecule has 0 unspecified atom stereocenters. The van der Waals surface area contributed by atoms with Crippen LogP contribution in [0.3, 0.4) is 0 Å². The molecule has 1 heterocycles. The van der Waals surface area contributed by atoms with Crippen molar-refractivity contribution in [1.82, 2.24) is 10.3 Å². The van der Waals surface area contributed by atoms with E-state index in [1.54, 1.807) is 0 Å². The predicted molar refractivity (Wildman–Crippen MR) is 95.5 cm³/mol. The lowest BCUT2D eigenvalue weighted by atomic mass is 9.93. The molecule has 3 rings (SSSR count). The standard InChI is InChI=1S/C20H25N3O/c1-13(2)17-11-18-15(9-14(17)5-4-8-21)10-16(23-18)12-22-19(24)20(3)6-7-20/h9-11,13,23H,4-7,12H2,1-3H3,(H,22,24). The lowest BCUT2D eigenvalue weighted by Gasteiger charge is -2.12. The third kappa shape index (κ3) is 3.31. The molecule has 0 spiro atoms. The molecule has 1 amide bonds. The van der Waals surface area contributed by atoms with E-state index in [9.17, 15) is 4.79 Å². The Hall–Kier alpha value is -2.28. The molecular formula is C20H25N3O. The van der Waals surface area contributed by atoms with Crippen LogP contribution in [0.1, 0.15) is 62.8 Å². The largest absolute Gasteiger partial charge is 0.357 e. The second kappa shape index (κ2) is 6.32. The molecule has 24 heavy (non-hydrogen) atoms. The minimum absolute atomic E-state index is 0.138. The molecule has 1 aromatic heterocycles. The van der Waals surface area contributed by atoms with Gasteiger partial charge in [0.25, 0.3) is 0 Å². The van der Waals surface area contributed by atoms with Crippen LogP contribution in [0.5, 0.6) is 0 Å². The van der Waals surface area contributed by atoms with Crippen molar-refractivity contribution in [3.8, 4) is 6.07 Å². The van der Waals surface area contributed by atoms with Crippen LogP contribution in [0.4, 0.5) is 0 Å². The number of nitrogens with one attached hydrogen (secondary N) is 2. The van der Waals surface area contributed by atoms with Gasteiger partial charge >= 0.3 is 0 Å². The van der Waals surface area contributed by atoms with Gasteiger partial charge in [-0.1, -0.05) is 20.8 Å². The molecule has 1 aromatic carbocycles. The summed E-state index contributed by atoms with van der Waals surface area (Å²) in [4.78, 5) is 15.5. The minimum Gasteiger partial charge on any atom is -0.357 e. The third-order valence-corrected chi connectivity index (χ3v) is 5.05. The van der Waals surface area contributed by atoms with E-state index >= 15 is 0 Å². The van der Waals surface area contributed by atoms with E-state index in [0.29, 0.717) is 18.9 Å². The first-order chi connectivity index (χ1) is 11.4. The van der Waals surface area contributed by atoms with Gasteiger partial charge in [0.05, 0.1) is 12.6 Å². The maximum atomic E-state index is 12.1. The summed E-state index contributed by atoms with van der Waals surface area (Å²) < 4.78 is 0. The zero-order valence-corrected chi connectivity index (χ0v) is 14.7. The molecule has 0 atom stereocenters. The van der Waals surface area contributed by atoms with Crippen LogP contribution < -0.4 is 5.32 Å². The fourth-order valence-corrected chi connectivity index (χ4v) is 3.15. The Bertz CT molecular complexity index is 806. The SMILES string of the molecule is CC(C)c1cc2[nH]c(CNC(=O)C3(C)CC3)cc2cc1CCC#N. The Balaban J connectivity index is 1.81. The van der Waals surface area contributed by atoms with Gasteiger partial charge < -0.3 is 10.3 Å². The van der Waals surface area contributed by atoms with Gasteiger partial charge in [0.1, 0.15) is 0 Å². The van der Waals surface area contributed by atoms with Gasteiger partial charge in [-0.3, -0.25) is 4.79 Å². The van der Waals surface area contributed by atoms with Crippen LogP contribution >= 0.6 is 0 Å². The minimum atomic E-state index is -0.138. The second-order valence-electron chi connectivity index (χ2n) is 7.49. The number of hydrogen-bond donors (Lipinski definition) is 2. The highest BCUT2D eigenvalue weighted by Crippen LogP contribution is 2.45. The Morgan fingerprint density at radius 3 is 2.75 bits per heavy atom. The highest BCUT2D eigenvalue weighted by Gasteiger charge is 2.44. The molecule has 0 radical (unpaired) electrons. The number of benzene rings is 1. The summed E-state index contributed by atoms with van der Waals surface area (Å²) in [5, 5.41) is 13.1. The van der Waals surface area contributed by atoms with Crippen LogP contribution in [0.15, 0.2) is 18.2 Å². The molecule has 1 aliphatic rings. The Morgan fingerprint density at radius 1 is 1.38 bits per heavy atom. The van der Waals surface area contributed by atoms with Gasteiger partial charge in [0.2, 0.25) is 5.91 Å². The number of H-pyrrole nitrogens is 1. The Labute approximate surface area is 143 Å². The number of carbonyl (C=O) groups excluding carboxylic acids is 1. The summed E-state index contributed by atoms with van der Waals surface area (Å²) in [6, 6.07) is 8.72. The van der Waals surface area contributed by atoms with Crippen molar-refractivity contribution in [2.45, 2.75) is 58.9 Å². The summed E-state index contributed by atoms with van der Waals surface area (Å²) in [5.41, 5.74) is 4.53. The van der Waals surface area contributed by atoms with Crippen LogP contribution in [0.25, 0.3) is 10.9 Å². The van der Waals surface area contributed by atoms with E-state index in [2.05, 4.69) is 48.4 Å². The number of carbonyl (C=O) groups is 1. The van der Waals surface area contributed by atoms with E-state index in [4.69, 9.17) is 5.26 Å². The molecule has 2 N–H and O–H groups in total. The van der Waals surface area contributed by atoms with Crippen LogP contribution in [-0.2, 0) is 17.8 Å².